The standard InChI is InChI=1S/C18H14ClN3O2S/c19-11-16(23)22-15(13-7-3-1-4-8-13)12-25-18(22)21-20-17(24)14-9-5-2-6-10-14/h1-10,12H,11H2,(H,20,24). The molecule has 0 radical (unpaired) electrons. The summed E-state index contributed by atoms with van der Waals surface area (Å²) in [4.78, 5) is 24.7. The van der Waals surface area contributed by atoms with Crippen molar-refractivity contribution < 1.29 is 9.59 Å². The summed E-state index contributed by atoms with van der Waals surface area (Å²) in [6, 6.07) is 18.2. The molecule has 2 aromatic carbocycles. The molecular weight excluding hydrogens is 358 g/mol. The number of amides is 1. The predicted molar refractivity (Wildman–Crippen MR) is 98.6 cm³/mol. The number of carbonyl (C=O) groups is 2. The Kier molecular flexibility index (Phi) is 5.42. The number of thiazole rings is 1. The van der Waals surface area contributed by atoms with Gasteiger partial charge in [-0.05, 0) is 17.7 Å². The zero-order valence-electron chi connectivity index (χ0n) is 13.1. The van der Waals surface area contributed by atoms with Crippen LogP contribution in [-0.4, -0.2) is 22.3 Å². The van der Waals surface area contributed by atoms with Crippen molar-refractivity contribution in [1.82, 2.24) is 9.99 Å². The van der Waals surface area contributed by atoms with Gasteiger partial charge in [-0.1, -0.05) is 48.5 Å². The lowest BCUT2D eigenvalue weighted by molar-refractivity contribution is 0.0926. The molecule has 0 saturated carbocycles. The molecule has 1 amide bonds. The molecule has 7 heteroatoms. The van der Waals surface area contributed by atoms with E-state index in [-0.39, 0.29) is 17.7 Å². The number of nitrogens with zero attached hydrogens (tertiary/aromatic N) is 2. The van der Waals surface area contributed by atoms with E-state index in [0.717, 1.165) is 5.56 Å². The van der Waals surface area contributed by atoms with Gasteiger partial charge in [-0.3, -0.25) is 14.2 Å². The first-order valence-corrected chi connectivity index (χ1v) is 8.86. The van der Waals surface area contributed by atoms with Crippen LogP contribution < -0.4 is 10.2 Å². The minimum atomic E-state index is -0.347. The lowest BCUT2D eigenvalue weighted by atomic mass is 10.2. The average molecular weight is 372 g/mol. The number of halogens is 1. The summed E-state index contributed by atoms with van der Waals surface area (Å²) in [6.45, 7) is 0. The quantitative estimate of drug-likeness (QED) is 0.564. The molecule has 3 aromatic rings. The Hall–Kier alpha value is -2.70. The molecule has 3 rings (SSSR count). The van der Waals surface area contributed by atoms with E-state index in [0.29, 0.717) is 16.1 Å². The van der Waals surface area contributed by atoms with Crippen LogP contribution in [0, 0.1) is 0 Å². The van der Waals surface area contributed by atoms with Crippen molar-refractivity contribution in [3.8, 4) is 11.3 Å². The second-order valence-electron chi connectivity index (χ2n) is 5.05. The van der Waals surface area contributed by atoms with Gasteiger partial charge in [0.1, 0.15) is 5.88 Å². The number of hydrogen-bond acceptors (Lipinski definition) is 4. The highest BCUT2D eigenvalue weighted by Gasteiger charge is 2.14. The Morgan fingerprint density at radius 3 is 2.32 bits per heavy atom. The molecule has 0 aliphatic heterocycles. The second-order valence-corrected chi connectivity index (χ2v) is 6.15. The van der Waals surface area contributed by atoms with Gasteiger partial charge in [0.25, 0.3) is 5.91 Å². The molecule has 25 heavy (non-hydrogen) atoms. The van der Waals surface area contributed by atoms with Crippen LogP contribution in [0.5, 0.6) is 0 Å². The van der Waals surface area contributed by atoms with Crippen molar-refractivity contribution in [3.63, 3.8) is 0 Å². The molecule has 5 nitrogen and oxygen atoms in total. The normalized spacial score (nSPS) is 11.3. The average Bonchev–Trinajstić information content (AvgIpc) is 3.10. The topological polar surface area (TPSA) is 63.5 Å². The van der Waals surface area contributed by atoms with Gasteiger partial charge in [-0.15, -0.1) is 28.0 Å². The van der Waals surface area contributed by atoms with E-state index in [1.807, 2.05) is 41.8 Å². The third kappa shape index (κ3) is 3.87. The van der Waals surface area contributed by atoms with Gasteiger partial charge < -0.3 is 0 Å². The van der Waals surface area contributed by atoms with Crippen molar-refractivity contribution in [2.45, 2.75) is 0 Å². The van der Waals surface area contributed by atoms with Gasteiger partial charge in [-0.25, -0.2) is 5.43 Å². The molecule has 0 aliphatic carbocycles. The zero-order chi connectivity index (χ0) is 17.6. The first-order chi connectivity index (χ1) is 12.2. The van der Waals surface area contributed by atoms with Crippen LogP contribution in [0.2, 0.25) is 0 Å². The number of benzene rings is 2. The maximum Gasteiger partial charge on any atom is 0.271 e. The Morgan fingerprint density at radius 1 is 1.04 bits per heavy atom. The molecule has 1 N–H and O–H groups in total. The highest BCUT2D eigenvalue weighted by Crippen LogP contribution is 2.19. The Labute approximate surface area is 153 Å². The molecule has 126 valence electrons. The molecule has 0 atom stereocenters. The summed E-state index contributed by atoms with van der Waals surface area (Å²) in [5.74, 6) is -0.842. The molecule has 0 bridgehead atoms. The molecule has 1 heterocycles. The van der Waals surface area contributed by atoms with Crippen molar-refractivity contribution in [1.29, 1.82) is 0 Å². The smallest absolute Gasteiger partial charge is 0.271 e. The van der Waals surface area contributed by atoms with E-state index in [4.69, 9.17) is 11.6 Å². The van der Waals surface area contributed by atoms with Gasteiger partial charge >= 0.3 is 0 Å². The Balaban J connectivity index is 1.98. The summed E-state index contributed by atoms with van der Waals surface area (Å²) in [6.07, 6.45) is 0. The van der Waals surface area contributed by atoms with Crippen LogP contribution in [0.25, 0.3) is 11.3 Å². The van der Waals surface area contributed by atoms with Crippen LogP contribution in [0.1, 0.15) is 15.2 Å². The molecule has 1 aromatic heterocycles. The number of alkyl halides is 1. The SMILES string of the molecule is O=C(NN=c1scc(-c2ccccc2)n1C(=O)CCl)c1ccccc1. The van der Waals surface area contributed by atoms with Crippen LogP contribution in [-0.2, 0) is 0 Å². The summed E-state index contributed by atoms with van der Waals surface area (Å²) in [5.41, 5.74) is 4.52. The first kappa shape index (κ1) is 17.1. The van der Waals surface area contributed by atoms with Crippen molar-refractivity contribution in [2.75, 3.05) is 5.88 Å². The van der Waals surface area contributed by atoms with Crippen molar-refractivity contribution in [2.24, 2.45) is 5.10 Å². The summed E-state index contributed by atoms with van der Waals surface area (Å²) in [5, 5.41) is 5.91. The van der Waals surface area contributed by atoms with E-state index in [9.17, 15) is 9.59 Å². The van der Waals surface area contributed by atoms with Crippen LogP contribution in [0.15, 0.2) is 71.1 Å². The maximum absolute atomic E-state index is 12.3. The van der Waals surface area contributed by atoms with E-state index < -0.39 is 0 Å². The van der Waals surface area contributed by atoms with Gasteiger partial charge in [0, 0.05) is 10.9 Å². The number of hydrogen-bond donors (Lipinski definition) is 1. The zero-order valence-corrected chi connectivity index (χ0v) is 14.6. The van der Waals surface area contributed by atoms with Crippen LogP contribution in [0.3, 0.4) is 0 Å². The second kappa shape index (κ2) is 7.92. The number of aromatic nitrogens is 1. The number of nitrogens with one attached hydrogen (secondary N) is 1. The minimum Gasteiger partial charge on any atom is -0.273 e. The van der Waals surface area contributed by atoms with E-state index >= 15 is 0 Å². The van der Waals surface area contributed by atoms with Gasteiger partial charge in [0.2, 0.25) is 10.7 Å². The lowest BCUT2D eigenvalue weighted by Crippen LogP contribution is -2.29. The lowest BCUT2D eigenvalue weighted by Gasteiger charge is -2.06. The third-order valence-electron chi connectivity index (χ3n) is 3.43. The van der Waals surface area contributed by atoms with E-state index in [2.05, 4.69) is 10.5 Å². The van der Waals surface area contributed by atoms with E-state index in [1.54, 1.807) is 24.3 Å². The highest BCUT2D eigenvalue weighted by atomic mass is 35.5. The van der Waals surface area contributed by atoms with Crippen LogP contribution in [0.4, 0.5) is 0 Å². The molecule has 0 spiro atoms. The number of rotatable bonds is 4. The monoisotopic (exact) mass is 371 g/mol. The fourth-order valence-corrected chi connectivity index (χ4v) is 3.23. The van der Waals surface area contributed by atoms with E-state index in [1.165, 1.54) is 15.9 Å². The molecule has 0 saturated heterocycles. The predicted octanol–water partition coefficient (Wildman–Crippen LogP) is 3.34. The summed E-state index contributed by atoms with van der Waals surface area (Å²) < 4.78 is 1.41. The highest BCUT2D eigenvalue weighted by molar-refractivity contribution is 7.07. The van der Waals surface area contributed by atoms with Crippen molar-refractivity contribution >= 4 is 34.8 Å². The third-order valence-corrected chi connectivity index (χ3v) is 4.48. The molecular formula is C18H14ClN3O2S. The van der Waals surface area contributed by atoms with Gasteiger partial charge in [0.05, 0.1) is 5.69 Å². The summed E-state index contributed by atoms with van der Waals surface area (Å²) in [7, 11) is 0. The Bertz CT molecular complexity index is 949. The van der Waals surface area contributed by atoms with Crippen molar-refractivity contribution in [3.05, 3.63) is 76.4 Å². The van der Waals surface area contributed by atoms with Gasteiger partial charge in [0.15, 0.2) is 0 Å². The largest absolute Gasteiger partial charge is 0.273 e. The fraction of sp³-hybridized carbons (Fsp3) is 0.0556. The Morgan fingerprint density at radius 2 is 1.68 bits per heavy atom. The maximum atomic E-state index is 12.3. The first-order valence-electron chi connectivity index (χ1n) is 7.45. The van der Waals surface area contributed by atoms with Crippen LogP contribution >= 0.6 is 22.9 Å². The summed E-state index contributed by atoms with van der Waals surface area (Å²) >= 11 is 6.99. The minimum absolute atomic E-state index is 0.184. The fourth-order valence-electron chi connectivity index (χ4n) is 2.25. The van der Waals surface area contributed by atoms with Gasteiger partial charge in [-0.2, -0.15) is 0 Å². The molecule has 0 aliphatic rings. The number of carbonyl (C=O) groups excluding carboxylic acids is 2. The molecule has 0 fully saturated rings. The molecule has 0 unspecified atom stereocenters.